The summed E-state index contributed by atoms with van der Waals surface area (Å²) < 4.78 is 55.5. The SMILES string of the molecule is CC(=O)Nc1ccc(S(=O)(=O)NCc2cccc(CNS(=O)(=O)c3ccc(NC(C)=O)cc3)c2)cc1. The molecule has 3 rings (SSSR count). The van der Waals surface area contributed by atoms with E-state index >= 15 is 0 Å². The molecule has 0 atom stereocenters. The van der Waals surface area contributed by atoms with Gasteiger partial charge in [-0.25, -0.2) is 26.3 Å². The molecule has 0 heterocycles. The summed E-state index contributed by atoms with van der Waals surface area (Å²) in [6.07, 6.45) is 0. The van der Waals surface area contributed by atoms with Gasteiger partial charge >= 0.3 is 0 Å². The third-order valence-corrected chi connectivity index (χ3v) is 7.73. The third-order valence-electron chi connectivity index (χ3n) is 4.89. The zero-order chi connectivity index (χ0) is 26.3. The second kappa shape index (κ2) is 11.4. The number of rotatable bonds is 10. The van der Waals surface area contributed by atoms with Gasteiger partial charge in [0.15, 0.2) is 0 Å². The van der Waals surface area contributed by atoms with E-state index in [-0.39, 0.29) is 34.7 Å². The standard InChI is InChI=1S/C24H26N4O6S2/c1-17(29)27-21-6-10-23(11-7-21)35(31,32)25-15-19-4-3-5-20(14-19)16-26-36(33,34)24-12-8-22(9-13-24)28-18(2)30/h3-14,25-26H,15-16H2,1-2H3,(H,27,29)(H,28,30). The molecule has 0 saturated heterocycles. The van der Waals surface area contributed by atoms with Gasteiger partial charge in [-0.3, -0.25) is 9.59 Å². The minimum Gasteiger partial charge on any atom is -0.326 e. The molecular weight excluding hydrogens is 504 g/mol. The first kappa shape index (κ1) is 27.0. The number of anilines is 2. The second-order valence-electron chi connectivity index (χ2n) is 7.88. The molecule has 0 radical (unpaired) electrons. The van der Waals surface area contributed by atoms with Gasteiger partial charge in [-0.2, -0.15) is 0 Å². The highest BCUT2D eigenvalue weighted by molar-refractivity contribution is 7.89. The van der Waals surface area contributed by atoms with Crippen LogP contribution in [0.4, 0.5) is 11.4 Å². The molecule has 3 aromatic rings. The molecule has 0 saturated carbocycles. The van der Waals surface area contributed by atoms with Crippen molar-refractivity contribution in [3.63, 3.8) is 0 Å². The van der Waals surface area contributed by atoms with Gasteiger partial charge in [0.2, 0.25) is 31.9 Å². The first-order valence-electron chi connectivity index (χ1n) is 10.8. The summed E-state index contributed by atoms with van der Waals surface area (Å²) >= 11 is 0. The van der Waals surface area contributed by atoms with Crippen LogP contribution in [0.1, 0.15) is 25.0 Å². The lowest BCUT2D eigenvalue weighted by Gasteiger charge is -2.11. The highest BCUT2D eigenvalue weighted by Gasteiger charge is 2.15. The number of carbonyl (C=O) groups is 2. The topological polar surface area (TPSA) is 151 Å². The number of benzene rings is 3. The Bertz CT molecular complexity index is 1340. The maximum Gasteiger partial charge on any atom is 0.240 e. The largest absolute Gasteiger partial charge is 0.326 e. The van der Waals surface area contributed by atoms with Crippen LogP contribution in [0.15, 0.2) is 82.6 Å². The summed E-state index contributed by atoms with van der Waals surface area (Å²) in [5.41, 5.74) is 2.26. The van der Waals surface area contributed by atoms with Crippen LogP contribution in [-0.4, -0.2) is 28.6 Å². The zero-order valence-corrected chi connectivity index (χ0v) is 21.2. The van der Waals surface area contributed by atoms with Crippen LogP contribution >= 0.6 is 0 Å². The van der Waals surface area contributed by atoms with Crippen molar-refractivity contribution in [2.75, 3.05) is 10.6 Å². The molecule has 10 nitrogen and oxygen atoms in total. The average Bonchev–Trinajstić information content (AvgIpc) is 2.82. The van der Waals surface area contributed by atoms with Crippen molar-refractivity contribution in [2.45, 2.75) is 36.7 Å². The summed E-state index contributed by atoms with van der Waals surface area (Å²) in [6, 6.07) is 18.4. The van der Waals surface area contributed by atoms with E-state index in [0.717, 1.165) is 0 Å². The third kappa shape index (κ3) is 7.71. The van der Waals surface area contributed by atoms with E-state index in [2.05, 4.69) is 20.1 Å². The van der Waals surface area contributed by atoms with Gasteiger partial charge in [0.05, 0.1) is 9.79 Å². The van der Waals surface area contributed by atoms with E-state index in [1.807, 2.05) is 0 Å². The molecule has 2 amide bonds. The molecule has 190 valence electrons. The molecule has 4 N–H and O–H groups in total. The Kier molecular flexibility index (Phi) is 8.58. The lowest BCUT2D eigenvalue weighted by Crippen LogP contribution is -2.24. The first-order chi connectivity index (χ1) is 16.9. The van der Waals surface area contributed by atoms with Crippen LogP contribution in [0.3, 0.4) is 0 Å². The molecule has 0 fully saturated rings. The first-order valence-corrected chi connectivity index (χ1v) is 13.7. The smallest absolute Gasteiger partial charge is 0.240 e. The molecule has 0 aliphatic carbocycles. The van der Waals surface area contributed by atoms with Crippen molar-refractivity contribution < 1.29 is 26.4 Å². The Morgan fingerprint density at radius 1 is 0.611 bits per heavy atom. The lowest BCUT2D eigenvalue weighted by atomic mass is 10.1. The molecular formula is C24H26N4O6S2. The van der Waals surface area contributed by atoms with Crippen LogP contribution in [0.2, 0.25) is 0 Å². The Balaban J connectivity index is 1.61. The van der Waals surface area contributed by atoms with Crippen LogP contribution in [0.5, 0.6) is 0 Å². The Morgan fingerprint density at radius 3 is 1.31 bits per heavy atom. The van der Waals surface area contributed by atoms with Crippen molar-refractivity contribution in [3.8, 4) is 0 Å². The molecule has 0 spiro atoms. The highest BCUT2D eigenvalue weighted by Crippen LogP contribution is 2.16. The average molecular weight is 531 g/mol. The number of carbonyl (C=O) groups excluding carboxylic acids is 2. The number of amides is 2. The number of hydrogen-bond donors (Lipinski definition) is 4. The van der Waals surface area contributed by atoms with E-state index in [1.54, 1.807) is 24.3 Å². The Labute approximate surface area is 210 Å². The predicted molar refractivity (Wildman–Crippen MR) is 136 cm³/mol. The van der Waals surface area contributed by atoms with E-state index in [4.69, 9.17) is 0 Å². The van der Waals surface area contributed by atoms with Gasteiger partial charge in [0.1, 0.15) is 0 Å². The molecule has 0 aliphatic rings. The van der Waals surface area contributed by atoms with E-state index in [1.165, 1.54) is 62.4 Å². The van der Waals surface area contributed by atoms with Crippen molar-refractivity contribution in [3.05, 3.63) is 83.9 Å². The molecule has 0 unspecified atom stereocenters. The maximum atomic E-state index is 12.6. The van der Waals surface area contributed by atoms with E-state index in [9.17, 15) is 26.4 Å². The van der Waals surface area contributed by atoms with Crippen molar-refractivity contribution >= 4 is 43.2 Å². The molecule has 3 aromatic carbocycles. The second-order valence-corrected chi connectivity index (χ2v) is 11.4. The number of sulfonamides is 2. The minimum atomic E-state index is -3.80. The van der Waals surface area contributed by atoms with Gasteiger partial charge in [-0.1, -0.05) is 24.3 Å². The summed E-state index contributed by atoms with van der Waals surface area (Å²) in [5, 5.41) is 5.14. The van der Waals surface area contributed by atoms with Gasteiger partial charge in [0.25, 0.3) is 0 Å². The van der Waals surface area contributed by atoms with Crippen LogP contribution < -0.4 is 20.1 Å². The van der Waals surface area contributed by atoms with Gasteiger partial charge in [0, 0.05) is 38.3 Å². The lowest BCUT2D eigenvalue weighted by molar-refractivity contribution is -0.115. The molecule has 0 bridgehead atoms. The monoisotopic (exact) mass is 530 g/mol. The van der Waals surface area contributed by atoms with E-state index < -0.39 is 20.0 Å². The Morgan fingerprint density at radius 2 is 0.972 bits per heavy atom. The van der Waals surface area contributed by atoms with Crippen LogP contribution in [0.25, 0.3) is 0 Å². The summed E-state index contributed by atoms with van der Waals surface area (Å²) in [4.78, 5) is 22.3. The fraction of sp³-hybridized carbons (Fsp3) is 0.167. The molecule has 0 aromatic heterocycles. The fourth-order valence-electron chi connectivity index (χ4n) is 3.21. The zero-order valence-electron chi connectivity index (χ0n) is 19.6. The van der Waals surface area contributed by atoms with Gasteiger partial charge in [-0.15, -0.1) is 0 Å². The van der Waals surface area contributed by atoms with Crippen molar-refractivity contribution in [2.24, 2.45) is 0 Å². The van der Waals surface area contributed by atoms with Crippen LogP contribution in [-0.2, 0) is 42.7 Å². The molecule has 36 heavy (non-hydrogen) atoms. The summed E-state index contributed by atoms with van der Waals surface area (Å²) in [7, 11) is -7.60. The normalized spacial score (nSPS) is 11.6. The fourth-order valence-corrected chi connectivity index (χ4v) is 5.25. The van der Waals surface area contributed by atoms with E-state index in [0.29, 0.717) is 22.5 Å². The summed E-state index contributed by atoms with van der Waals surface area (Å²) in [5.74, 6) is -0.517. The highest BCUT2D eigenvalue weighted by atomic mass is 32.2. The van der Waals surface area contributed by atoms with Crippen molar-refractivity contribution in [1.29, 1.82) is 0 Å². The quantitative estimate of drug-likeness (QED) is 0.316. The molecule has 0 aliphatic heterocycles. The number of nitrogens with one attached hydrogen (secondary N) is 4. The molecule has 12 heteroatoms. The maximum absolute atomic E-state index is 12.6. The number of hydrogen-bond acceptors (Lipinski definition) is 6. The summed E-state index contributed by atoms with van der Waals surface area (Å²) in [6.45, 7) is 2.72. The van der Waals surface area contributed by atoms with Crippen molar-refractivity contribution in [1.82, 2.24) is 9.44 Å². The predicted octanol–water partition coefficient (Wildman–Crippen LogP) is 2.56. The van der Waals surface area contributed by atoms with Gasteiger partial charge < -0.3 is 10.6 Å². The Hall–Kier alpha value is -3.58. The minimum absolute atomic E-state index is 0.000974. The van der Waals surface area contributed by atoms with Crippen LogP contribution in [0, 0.1) is 0 Å². The van der Waals surface area contributed by atoms with Gasteiger partial charge in [-0.05, 0) is 59.7 Å².